The lowest BCUT2D eigenvalue weighted by atomic mass is 9.81. The first-order valence-electron chi connectivity index (χ1n) is 15.2. The summed E-state index contributed by atoms with van der Waals surface area (Å²) in [5, 5.41) is 0. The van der Waals surface area contributed by atoms with Crippen molar-refractivity contribution in [2.75, 3.05) is 19.8 Å². The van der Waals surface area contributed by atoms with Crippen LogP contribution in [0.25, 0.3) is 11.1 Å². The molecule has 0 unspecified atom stereocenters. The highest BCUT2D eigenvalue weighted by molar-refractivity contribution is 5.64. The molecular formula is C34H35F7O4. The average molecular weight is 641 g/mol. The molecular weight excluding hydrogens is 605 g/mol. The summed E-state index contributed by atoms with van der Waals surface area (Å²) in [5.74, 6) is -9.21. The van der Waals surface area contributed by atoms with Crippen molar-refractivity contribution in [2.45, 2.75) is 64.5 Å². The van der Waals surface area contributed by atoms with Gasteiger partial charge in [0, 0.05) is 24.0 Å². The van der Waals surface area contributed by atoms with E-state index in [1.807, 2.05) is 0 Å². The van der Waals surface area contributed by atoms with Crippen molar-refractivity contribution in [2.24, 2.45) is 17.8 Å². The molecule has 4 nitrogen and oxygen atoms in total. The molecule has 2 aliphatic rings. The fourth-order valence-electron chi connectivity index (χ4n) is 6.22. The second-order valence-electron chi connectivity index (χ2n) is 11.7. The van der Waals surface area contributed by atoms with Crippen LogP contribution in [0.4, 0.5) is 30.7 Å². The zero-order chi connectivity index (χ0) is 32.3. The van der Waals surface area contributed by atoms with Crippen molar-refractivity contribution in [3.63, 3.8) is 0 Å². The normalized spacial score (nSPS) is 24.1. The maximum Gasteiger partial charge on any atom is 0.432 e. The fourth-order valence-corrected chi connectivity index (χ4v) is 6.22. The molecule has 0 amide bonds. The summed E-state index contributed by atoms with van der Waals surface area (Å²) in [6.07, 6.45) is -0.305. The number of alkyl halides is 2. The zero-order valence-corrected chi connectivity index (χ0v) is 24.9. The van der Waals surface area contributed by atoms with E-state index in [2.05, 4.69) is 18.6 Å². The van der Waals surface area contributed by atoms with Crippen LogP contribution in [0.1, 0.15) is 63.2 Å². The molecule has 3 aromatic carbocycles. The Morgan fingerprint density at radius 1 is 0.733 bits per heavy atom. The van der Waals surface area contributed by atoms with Gasteiger partial charge in [-0.15, -0.1) is 0 Å². The summed E-state index contributed by atoms with van der Waals surface area (Å²) in [6.45, 7) is 6.06. The second kappa shape index (κ2) is 14.1. The zero-order valence-electron chi connectivity index (χ0n) is 24.9. The van der Waals surface area contributed by atoms with Gasteiger partial charge >= 0.3 is 6.11 Å². The van der Waals surface area contributed by atoms with Crippen LogP contribution in [-0.4, -0.2) is 26.1 Å². The Balaban J connectivity index is 1.29. The molecule has 45 heavy (non-hydrogen) atoms. The van der Waals surface area contributed by atoms with Crippen LogP contribution < -0.4 is 4.74 Å². The minimum absolute atomic E-state index is 0.0160. The van der Waals surface area contributed by atoms with E-state index in [0.29, 0.717) is 43.4 Å². The van der Waals surface area contributed by atoms with E-state index >= 15 is 0 Å². The highest BCUT2D eigenvalue weighted by Crippen LogP contribution is 2.42. The van der Waals surface area contributed by atoms with E-state index in [0.717, 1.165) is 37.7 Å². The standard InChI is InChI=1S/C34H35F7O4/c1-3-5-19-16-43-33(44-17-19)24-11-22(6-4-2)32(42-18-24)21-9-7-20(8-10-21)23-12-26(35)30(27(36)13-23)34(40,41)45-25-14-28(37)31(39)29(38)15-25/h7-10,12-15,19,22,24,32-33H,3-6,11,16-18H2,1-2H3/t19?,22-,24-,32-,33?/m0/s1. The maximum absolute atomic E-state index is 14.9. The van der Waals surface area contributed by atoms with E-state index in [1.54, 1.807) is 24.3 Å². The minimum Gasteiger partial charge on any atom is -0.429 e. The fraction of sp³-hybridized carbons (Fsp3) is 0.471. The smallest absolute Gasteiger partial charge is 0.429 e. The first kappa shape index (κ1) is 33.2. The first-order valence-corrected chi connectivity index (χ1v) is 15.2. The van der Waals surface area contributed by atoms with E-state index < -0.39 is 46.5 Å². The van der Waals surface area contributed by atoms with E-state index in [-0.39, 0.29) is 41.9 Å². The Morgan fingerprint density at radius 2 is 1.33 bits per heavy atom. The molecule has 0 bridgehead atoms. The Morgan fingerprint density at radius 3 is 1.91 bits per heavy atom. The van der Waals surface area contributed by atoms with Crippen LogP contribution in [0.5, 0.6) is 5.75 Å². The Labute approximate surface area is 257 Å². The quantitative estimate of drug-likeness (QED) is 0.163. The van der Waals surface area contributed by atoms with Crippen LogP contribution in [0.15, 0.2) is 48.5 Å². The maximum atomic E-state index is 14.9. The Hall–Kier alpha value is -3.15. The number of hydrogen-bond acceptors (Lipinski definition) is 4. The molecule has 0 saturated carbocycles. The van der Waals surface area contributed by atoms with Crippen molar-refractivity contribution < 1.29 is 49.7 Å². The average Bonchev–Trinajstić information content (AvgIpc) is 3.00. The monoisotopic (exact) mass is 640 g/mol. The summed E-state index contributed by atoms with van der Waals surface area (Å²) >= 11 is 0. The minimum atomic E-state index is -4.66. The summed E-state index contributed by atoms with van der Waals surface area (Å²) in [6, 6.07) is 8.55. The highest BCUT2D eigenvalue weighted by Gasteiger charge is 2.42. The van der Waals surface area contributed by atoms with Crippen molar-refractivity contribution >= 4 is 0 Å². The summed E-state index contributed by atoms with van der Waals surface area (Å²) in [7, 11) is 0. The van der Waals surface area contributed by atoms with Crippen LogP contribution in [0, 0.1) is 46.8 Å². The number of hydrogen-bond donors (Lipinski definition) is 0. The summed E-state index contributed by atoms with van der Waals surface area (Å²) in [5.41, 5.74) is -0.535. The van der Waals surface area contributed by atoms with Gasteiger partial charge in [-0.2, -0.15) is 8.78 Å². The molecule has 0 spiro atoms. The summed E-state index contributed by atoms with van der Waals surface area (Å²) < 4.78 is 122. The molecule has 0 radical (unpaired) electrons. The third kappa shape index (κ3) is 7.47. The number of ether oxygens (including phenoxy) is 4. The van der Waals surface area contributed by atoms with Crippen LogP contribution >= 0.6 is 0 Å². The van der Waals surface area contributed by atoms with Gasteiger partial charge in [0.1, 0.15) is 22.9 Å². The van der Waals surface area contributed by atoms with Gasteiger partial charge in [0.15, 0.2) is 23.7 Å². The molecule has 2 heterocycles. The molecule has 11 heteroatoms. The van der Waals surface area contributed by atoms with E-state index in [9.17, 15) is 30.7 Å². The lowest BCUT2D eigenvalue weighted by Gasteiger charge is -2.41. The Bertz CT molecular complexity index is 1410. The Kier molecular flexibility index (Phi) is 10.4. The molecule has 0 aliphatic carbocycles. The first-order chi connectivity index (χ1) is 21.5. The number of halogens is 7. The molecule has 244 valence electrons. The molecule has 2 fully saturated rings. The highest BCUT2D eigenvalue weighted by atomic mass is 19.3. The third-order valence-electron chi connectivity index (χ3n) is 8.37. The van der Waals surface area contributed by atoms with Crippen LogP contribution in [0.2, 0.25) is 0 Å². The van der Waals surface area contributed by atoms with Crippen LogP contribution in [-0.2, 0) is 20.3 Å². The van der Waals surface area contributed by atoms with Crippen molar-refractivity contribution in [1.82, 2.24) is 0 Å². The van der Waals surface area contributed by atoms with Gasteiger partial charge in [-0.1, -0.05) is 51.0 Å². The molecule has 0 aromatic heterocycles. The lowest BCUT2D eigenvalue weighted by molar-refractivity contribution is -0.247. The molecule has 2 saturated heterocycles. The second-order valence-corrected chi connectivity index (χ2v) is 11.7. The molecule has 5 rings (SSSR count). The van der Waals surface area contributed by atoms with Gasteiger partial charge in [-0.3, -0.25) is 0 Å². The van der Waals surface area contributed by atoms with E-state index in [4.69, 9.17) is 14.2 Å². The largest absolute Gasteiger partial charge is 0.432 e. The van der Waals surface area contributed by atoms with Crippen molar-refractivity contribution in [3.05, 3.63) is 88.7 Å². The predicted octanol–water partition coefficient (Wildman–Crippen LogP) is 9.46. The third-order valence-corrected chi connectivity index (χ3v) is 8.37. The van der Waals surface area contributed by atoms with Gasteiger partial charge in [0.25, 0.3) is 0 Å². The van der Waals surface area contributed by atoms with Crippen LogP contribution in [0.3, 0.4) is 0 Å². The van der Waals surface area contributed by atoms with Gasteiger partial charge in [-0.25, -0.2) is 22.0 Å². The number of benzene rings is 3. The molecule has 0 N–H and O–H groups in total. The molecule has 3 atom stereocenters. The van der Waals surface area contributed by atoms with Gasteiger partial charge < -0.3 is 18.9 Å². The van der Waals surface area contributed by atoms with Gasteiger partial charge in [0.2, 0.25) is 0 Å². The molecule has 2 aliphatic heterocycles. The molecule has 3 aromatic rings. The van der Waals surface area contributed by atoms with Crippen molar-refractivity contribution in [1.29, 1.82) is 0 Å². The van der Waals surface area contributed by atoms with Gasteiger partial charge in [-0.05, 0) is 54.0 Å². The SMILES string of the molecule is CCCC1COC([C@@H]2CO[C@@H](c3ccc(-c4cc(F)c(C(F)(F)Oc5cc(F)c(F)c(F)c5)c(F)c4)cc3)[C@@H](CCC)C2)OC1. The summed E-state index contributed by atoms with van der Waals surface area (Å²) in [4.78, 5) is 0. The van der Waals surface area contributed by atoms with Gasteiger partial charge in [0.05, 0.1) is 25.9 Å². The predicted molar refractivity (Wildman–Crippen MR) is 152 cm³/mol. The van der Waals surface area contributed by atoms with E-state index in [1.165, 1.54) is 0 Å². The van der Waals surface area contributed by atoms with Crippen molar-refractivity contribution in [3.8, 4) is 16.9 Å². The topological polar surface area (TPSA) is 36.9 Å². The lowest BCUT2D eigenvalue weighted by Crippen LogP contribution is -2.42. The number of rotatable bonds is 10.